The zero-order chi connectivity index (χ0) is 16.0. The Morgan fingerprint density at radius 1 is 1.27 bits per heavy atom. The van der Waals surface area contributed by atoms with Crippen LogP contribution in [-0.2, 0) is 6.54 Å². The van der Waals surface area contributed by atoms with Gasteiger partial charge in [0.1, 0.15) is 5.82 Å². The predicted octanol–water partition coefficient (Wildman–Crippen LogP) is 3.22. The van der Waals surface area contributed by atoms with E-state index in [-0.39, 0.29) is 29.8 Å². The summed E-state index contributed by atoms with van der Waals surface area (Å²) in [5, 5.41) is 6.52. The highest BCUT2D eigenvalue weighted by Crippen LogP contribution is 2.18. The summed E-state index contributed by atoms with van der Waals surface area (Å²) in [5.41, 5.74) is 1.48. The smallest absolute Gasteiger partial charge is 0.191 e. The third kappa shape index (κ3) is 6.37. The van der Waals surface area contributed by atoms with Crippen molar-refractivity contribution in [2.75, 3.05) is 26.0 Å². The molecule has 0 saturated heterocycles. The number of nitrogens with zero attached hydrogens (tertiary/aromatic N) is 2. The molecule has 0 aliphatic rings. The Labute approximate surface area is 150 Å². The summed E-state index contributed by atoms with van der Waals surface area (Å²) >= 11 is 0. The van der Waals surface area contributed by atoms with E-state index in [4.69, 9.17) is 0 Å². The Kier molecular flexibility index (Phi) is 9.39. The molecule has 1 rings (SSSR count). The summed E-state index contributed by atoms with van der Waals surface area (Å²) in [6, 6.07) is 5.59. The van der Waals surface area contributed by atoms with E-state index in [0.29, 0.717) is 24.2 Å². The molecule has 0 aliphatic heterocycles. The predicted molar refractivity (Wildman–Crippen MR) is 104 cm³/mol. The van der Waals surface area contributed by atoms with E-state index < -0.39 is 0 Å². The molecule has 126 valence electrons. The zero-order valence-corrected chi connectivity index (χ0v) is 16.6. The lowest BCUT2D eigenvalue weighted by Gasteiger charge is -2.21. The first kappa shape index (κ1) is 20.9. The van der Waals surface area contributed by atoms with Crippen LogP contribution in [0, 0.1) is 11.7 Å². The highest BCUT2D eigenvalue weighted by atomic mass is 127. The molecule has 0 amide bonds. The van der Waals surface area contributed by atoms with Crippen LogP contribution in [0.2, 0.25) is 0 Å². The molecule has 1 unspecified atom stereocenters. The molecular formula is C16H28FIN4. The van der Waals surface area contributed by atoms with Crippen molar-refractivity contribution in [3.05, 3.63) is 29.6 Å². The molecule has 0 heterocycles. The van der Waals surface area contributed by atoms with Crippen molar-refractivity contribution in [1.29, 1.82) is 0 Å². The van der Waals surface area contributed by atoms with E-state index in [0.717, 1.165) is 11.5 Å². The minimum absolute atomic E-state index is 0. The summed E-state index contributed by atoms with van der Waals surface area (Å²) in [6.45, 7) is 6.96. The number of aliphatic imine (C=N–C) groups is 1. The molecule has 1 aromatic rings. The molecule has 0 radical (unpaired) electrons. The molecule has 2 N–H and O–H groups in total. The van der Waals surface area contributed by atoms with Gasteiger partial charge in [0.25, 0.3) is 0 Å². The van der Waals surface area contributed by atoms with Crippen LogP contribution in [0.3, 0.4) is 0 Å². The van der Waals surface area contributed by atoms with Crippen LogP contribution < -0.4 is 15.5 Å². The molecule has 6 heteroatoms. The quantitative estimate of drug-likeness (QED) is 0.435. The second-order valence-corrected chi connectivity index (χ2v) is 5.78. The Hall–Kier alpha value is -1.05. The molecule has 0 saturated carbocycles. The Bertz CT molecular complexity index is 489. The average Bonchev–Trinajstić information content (AvgIpc) is 2.42. The van der Waals surface area contributed by atoms with Gasteiger partial charge >= 0.3 is 0 Å². The van der Waals surface area contributed by atoms with E-state index in [1.54, 1.807) is 24.1 Å². The van der Waals surface area contributed by atoms with Crippen molar-refractivity contribution in [3.8, 4) is 0 Å². The number of anilines is 1. The van der Waals surface area contributed by atoms with Crippen LogP contribution in [0.4, 0.5) is 10.1 Å². The molecule has 1 aromatic carbocycles. The number of guanidine groups is 1. The van der Waals surface area contributed by atoms with Gasteiger partial charge in [-0.15, -0.1) is 24.0 Å². The lowest BCUT2D eigenvalue weighted by Crippen LogP contribution is -2.43. The molecule has 0 aromatic heterocycles. The molecule has 1 atom stereocenters. The zero-order valence-electron chi connectivity index (χ0n) is 14.3. The van der Waals surface area contributed by atoms with Crippen molar-refractivity contribution >= 4 is 35.6 Å². The topological polar surface area (TPSA) is 39.7 Å². The van der Waals surface area contributed by atoms with Gasteiger partial charge in [-0.05, 0) is 30.5 Å². The number of hydrogen-bond donors (Lipinski definition) is 2. The van der Waals surface area contributed by atoms with Gasteiger partial charge in [-0.2, -0.15) is 0 Å². The van der Waals surface area contributed by atoms with Crippen molar-refractivity contribution < 1.29 is 4.39 Å². The minimum atomic E-state index is -0.210. The molecule has 0 aliphatic carbocycles. The fourth-order valence-electron chi connectivity index (χ4n) is 1.79. The van der Waals surface area contributed by atoms with E-state index >= 15 is 0 Å². The Morgan fingerprint density at radius 2 is 1.91 bits per heavy atom. The fourth-order valence-corrected chi connectivity index (χ4v) is 1.79. The first-order valence-electron chi connectivity index (χ1n) is 7.28. The van der Waals surface area contributed by atoms with Crippen LogP contribution in [0.1, 0.15) is 26.3 Å². The van der Waals surface area contributed by atoms with Gasteiger partial charge in [0.05, 0.1) is 5.69 Å². The van der Waals surface area contributed by atoms with Crippen LogP contribution in [0.25, 0.3) is 0 Å². The number of benzene rings is 1. The van der Waals surface area contributed by atoms with E-state index in [1.807, 2.05) is 20.2 Å². The van der Waals surface area contributed by atoms with Crippen molar-refractivity contribution in [2.24, 2.45) is 10.9 Å². The van der Waals surface area contributed by atoms with E-state index in [9.17, 15) is 4.39 Å². The normalized spacial score (nSPS) is 12.6. The standard InChI is InChI=1S/C16H27FN4.HI/c1-11(2)12(3)20-16(18-4)19-10-13-7-8-15(21(5)6)14(17)9-13;/h7-9,11-12H,10H2,1-6H3,(H2,18,19,20);1H. The molecule has 0 spiro atoms. The first-order chi connectivity index (χ1) is 9.85. The maximum absolute atomic E-state index is 13.9. The SMILES string of the molecule is CN=C(NCc1ccc(N(C)C)c(F)c1)NC(C)C(C)C.I. The second-order valence-electron chi connectivity index (χ2n) is 5.78. The van der Waals surface area contributed by atoms with Crippen LogP contribution in [0.15, 0.2) is 23.2 Å². The summed E-state index contributed by atoms with van der Waals surface area (Å²) in [6.07, 6.45) is 0. The van der Waals surface area contributed by atoms with Crippen LogP contribution in [-0.4, -0.2) is 33.1 Å². The van der Waals surface area contributed by atoms with Crippen molar-refractivity contribution in [3.63, 3.8) is 0 Å². The van der Waals surface area contributed by atoms with Gasteiger partial charge < -0.3 is 15.5 Å². The van der Waals surface area contributed by atoms with Gasteiger partial charge in [-0.25, -0.2) is 4.39 Å². The first-order valence-corrected chi connectivity index (χ1v) is 7.28. The van der Waals surface area contributed by atoms with Gasteiger partial charge in [-0.3, -0.25) is 4.99 Å². The molecular weight excluding hydrogens is 394 g/mol. The van der Waals surface area contributed by atoms with Gasteiger partial charge in [0, 0.05) is 33.7 Å². The molecule has 0 fully saturated rings. The highest BCUT2D eigenvalue weighted by molar-refractivity contribution is 14.0. The Morgan fingerprint density at radius 3 is 2.36 bits per heavy atom. The van der Waals surface area contributed by atoms with Gasteiger partial charge in [0.15, 0.2) is 5.96 Å². The minimum Gasteiger partial charge on any atom is -0.375 e. The van der Waals surface area contributed by atoms with Crippen molar-refractivity contribution in [1.82, 2.24) is 10.6 Å². The monoisotopic (exact) mass is 422 g/mol. The Balaban J connectivity index is 0.00000441. The highest BCUT2D eigenvalue weighted by Gasteiger charge is 2.09. The summed E-state index contributed by atoms with van der Waals surface area (Å²) in [4.78, 5) is 5.95. The maximum atomic E-state index is 13.9. The number of halogens is 2. The largest absolute Gasteiger partial charge is 0.375 e. The third-order valence-corrected chi connectivity index (χ3v) is 3.54. The van der Waals surface area contributed by atoms with Gasteiger partial charge in [0.2, 0.25) is 0 Å². The molecule has 22 heavy (non-hydrogen) atoms. The molecule has 4 nitrogen and oxygen atoms in total. The second kappa shape index (κ2) is 9.86. The maximum Gasteiger partial charge on any atom is 0.191 e. The van der Waals surface area contributed by atoms with Crippen LogP contribution in [0.5, 0.6) is 0 Å². The summed E-state index contributed by atoms with van der Waals surface area (Å²) < 4.78 is 13.9. The van der Waals surface area contributed by atoms with Gasteiger partial charge in [-0.1, -0.05) is 19.9 Å². The van der Waals surface area contributed by atoms with E-state index in [1.165, 1.54) is 0 Å². The van der Waals surface area contributed by atoms with Crippen LogP contribution >= 0.6 is 24.0 Å². The summed E-state index contributed by atoms with van der Waals surface area (Å²) in [7, 11) is 5.39. The van der Waals surface area contributed by atoms with E-state index in [2.05, 4.69) is 36.4 Å². The number of nitrogens with one attached hydrogen (secondary N) is 2. The molecule has 0 bridgehead atoms. The fraction of sp³-hybridized carbons (Fsp3) is 0.562. The lowest BCUT2D eigenvalue weighted by molar-refractivity contribution is 0.481. The number of rotatable bonds is 5. The van der Waals surface area contributed by atoms with Crippen molar-refractivity contribution in [2.45, 2.75) is 33.4 Å². The summed E-state index contributed by atoms with van der Waals surface area (Å²) in [5.74, 6) is 1.03. The lowest BCUT2D eigenvalue weighted by atomic mass is 10.1. The number of hydrogen-bond acceptors (Lipinski definition) is 2. The third-order valence-electron chi connectivity index (χ3n) is 3.54. The average molecular weight is 422 g/mol.